The van der Waals surface area contributed by atoms with Gasteiger partial charge in [0.05, 0.1) is 4.90 Å². The highest BCUT2D eigenvalue weighted by Gasteiger charge is 2.32. The minimum atomic E-state index is -3.99. The lowest BCUT2D eigenvalue weighted by Gasteiger charge is -2.33. The van der Waals surface area contributed by atoms with Crippen molar-refractivity contribution >= 4 is 38.4 Å². The van der Waals surface area contributed by atoms with Crippen molar-refractivity contribution in [3.05, 3.63) is 64.8 Å². The molecule has 7 nitrogen and oxygen atoms in total. The molecular weight excluding hydrogens is 496 g/mol. The Balaban J connectivity index is 1.64. The molecule has 2 aromatic carbocycles. The first-order valence-electron chi connectivity index (χ1n) is 12.4. The lowest BCUT2D eigenvalue weighted by atomic mass is 9.98. The van der Waals surface area contributed by atoms with Gasteiger partial charge in [0.1, 0.15) is 6.04 Å². The predicted molar refractivity (Wildman–Crippen MR) is 145 cm³/mol. The molecule has 1 aromatic heterocycles. The quantitative estimate of drug-likeness (QED) is 0.429. The van der Waals surface area contributed by atoms with Crippen molar-refractivity contribution in [2.45, 2.75) is 50.1 Å². The van der Waals surface area contributed by atoms with Gasteiger partial charge < -0.3 is 14.8 Å². The normalized spacial score (nSPS) is 16.1. The van der Waals surface area contributed by atoms with Gasteiger partial charge in [-0.25, -0.2) is 8.42 Å². The molecule has 1 aliphatic heterocycles. The number of benzene rings is 2. The van der Waals surface area contributed by atoms with Crippen molar-refractivity contribution in [2.75, 3.05) is 27.2 Å². The molecule has 1 aliphatic rings. The highest BCUT2D eigenvalue weighted by atomic mass is 35.5. The van der Waals surface area contributed by atoms with Crippen LogP contribution in [0.15, 0.2) is 53.6 Å². The number of nitrogens with zero attached hydrogens (tertiary/aromatic N) is 2. The Labute approximate surface area is 218 Å². The van der Waals surface area contributed by atoms with Gasteiger partial charge in [0.2, 0.25) is 15.9 Å². The highest BCUT2D eigenvalue weighted by Crippen LogP contribution is 2.28. The molecule has 0 radical (unpaired) electrons. The lowest BCUT2D eigenvalue weighted by Crippen LogP contribution is -2.50. The summed E-state index contributed by atoms with van der Waals surface area (Å²) in [4.78, 5) is 20.8. The molecule has 1 saturated heterocycles. The number of amides is 1. The van der Waals surface area contributed by atoms with E-state index >= 15 is 0 Å². The second kappa shape index (κ2) is 11.3. The molecule has 2 heterocycles. The molecule has 9 heteroatoms. The molecule has 0 bridgehead atoms. The summed E-state index contributed by atoms with van der Waals surface area (Å²) in [7, 11) is -0.109. The van der Waals surface area contributed by atoms with Gasteiger partial charge in [-0.1, -0.05) is 42.8 Å². The van der Waals surface area contributed by atoms with E-state index in [1.54, 1.807) is 17.0 Å². The van der Waals surface area contributed by atoms with E-state index in [-0.39, 0.29) is 10.8 Å². The van der Waals surface area contributed by atoms with Crippen LogP contribution in [0.4, 0.5) is 0 Å². The fourth-order valence-corrected chi connectivity index (χ4v) is 6.56. The number of nitrogens with one attached hydrogen (secondary N) is 2. The Morgan fingerprint density at radius 2 is 1.86 bits per heavy atom. The topological polar surface area (TPSA) is 85.5 Å². The fraction of sp³-hybridized carbons (Fsp3) is 0.444. The first kappa shape index (κ1) is 26.7. The molecule has 1 fully saturated rings. The van der Waals surface area contributed by atoms with E-state index in [9.17, 15) is 13.2 Å². The number of aromatic nitrogens is 1. The Morgan fingerprint density at radius 3 is 2.56 bits per heavy atom. The maximum absolute atomic E-state index is 13.8. The van der Waals surface area contributed by atoms with Crippen LogP contribution < -0.4 is 4.72 Å². The van der Waals surface area contributed by atoms with Gasteiger partial charge in [-0.15, -0.1) is 0 Å². The molecule has 1 amide bonds. The zero-order valence-electron chi connectivity index (χ0n) is 21.1. The van der Waals surface area contributed by atoms with Crippen molar-refractivity contribution < 1.29 is 13.2 Å². The van der Waals surface area contributed by atoms with Crippen molar-refractivity contribution in [2.24, 2.45) is 5.92 Å². The predicted octanol–water partition coefficient (Wildman–Crippen LogP) is 4.42. The zero-order chi connectivity index (χ0) is 25.9. The summed E-state index contributed by atoms with van der Waals surface area (Å²) >= 11 is 6.35. The van der Waals surface area contributed by atoms with Gasteiger partial charge in [0.25, 0.3) is 0 Å². The molecule has 0 aliphatic carbocycles. The zero-order valence-corrected chi connectivity index (χ0v) is 22.7. The Hall–Kier alpha value is -2.39. The van der Waals surface area contributed by atoms with Crippen LogP contribution in [-0.4, -0.2) is 62.3 Å². The van der Waals surface area contributed by atoms with Crippen molar-refractivity contribution in [3.8, 4) is 0 Å². The first-order valence-corrected chi connectivity index (χ1v) is 14.3. The Bertz CT molecular complexity index is 1310. The number of aromatic amines is 1. The van der Waals surface area contributed by atoms with Crippen LogP contribution in [0.2, 0.25) is 5.02 Å². The number of fused-ring (bicyclic) bond motifs is 1. The summed E-state index contributed by atoms with van der Waals surface area (Å²) in [6.07, 6.45) is 4.50. The fourth-order valence-electron chi connectivity index (χ4n) is 4.84. The van der Waals surface area contributed by atoms with Crippen LogP contribution in [-0.2, 0) is 27.8 Å². The number of sulfonamides is 1. The second-order valence-corrected chi connectivity index (χ2v) is 12.1. The molecule has 36 heavy (non-hydrogen) atoms. The number of piperidine rings is 1. The Morgan fingerprint density at radius 1 is 1.14 bits per heavy atom. The standard InChI is InChI=1S/C27H35ClN4O3S/c1-19-13-15-32(16-14-19)27(33)24(12-11-20-7-4-5-8-22(20)28)30-36(34,35)25-10-6-9-23-26(25)21(17-29-23)18-31(2)3/h4-10,17,19,24,29-30H,11-16,18H2,1-3H3. The maximum Gasteiger partial charge on any atom is 0.241 e. The minimum absolute atomic E-state index is 0.174. The number of likely N-dealkylation sites (tertiary alicyclic amines) is 1. The first-order chi connectivity index (χ1) is 17.2. The number of hydrogen-bond acceptors (Lipinski definition) is 4. The van der Waals surface area contributed by atoms with Gasteiger partial charge in [-0.05, 0) is 75.0 Å². The summed E-state index contributed by atoms with van der Waals surface area (Å²) in [5.41, 5.74) is 2.53. The van der Waals surface area contributed by atoms with Crippen molar-refractivity contribution in [1.29, 1.82) is 0 Å². The molecule has 2 N–H and O–H groups in total. The molecular formula is C27H35ClN4O3S. The van der Waals surface area contributed by atoms with Crippen molar-refractivity contribution in [1.82, 2.24) is 19.5 Å². The summed E-state index contributed by atoms with van der Waals surface area (Å²) in [6, 6.07) is 11.8. The van der Waals surface area contributed by atoms with Crippen molar-refractivity contribution in [3.63, 3.8) is 0 Å². The van der Waals surface area contributed by atoms with Gasteiger partial charge in [0, 0.05) is 41.8 Å². The largest absolute Gasteiger partial charge is 0.361 e. The summed E-state index contributed by atoms with van der Waals surface area (Å²) in [6.45, 7) is 4.06. The number of rotatable bonds is 9. The molecule has 3 aromatic rings. The third kappa shape index (κ3) is 6.11. The molecule has 1 unspecified atom stereocenters. The monoisotopic (exact) mass is 530 g/mol. The average molecular weight is 531 g/mol. The minimum Gasteiger partial charge on any atom is -0.361 e. The number of hydrogen-bond donors (Lipinski definition) is 2. The maximum atomic E-state index is 13.8. The third-order valence-corrected chi connectivity index (χ3v) is 8.76. The molecule has 4 rings (SSSR count). The number of carbonyl (C=O) groups excluding carboxylic acids is 1. The molecule has 194 valence electrons. The van der Waals surface area contributed by atoms with Crippen LogP contribution in [0.3, 0.4) is 0 Å². The smallest absolute Gasteiger partial charge is 0.241 e. The number of halogens is 1. The summed E-state index contributed by atoms with van der Waals surface area (Å²) < 4.78 is 30.3. The van der Waals surface area contributed by atoms with E-state index in [0.29, 0.717) is 48.8 Å². The average Bonchev–Trinajstić information content (AvgIpc) is 3.25. The second-order valence-electron chi connectivity index (χ2n) is 10.0. The molecule has 0 saturated carbocycles. The van der Waals surface area contributed by atoms with E-state index in [0.717, 1.165) is 29.5 Å². The Kier molecular flexibility index (Phi) is 8.40. The third-order valence-electron chi connectivity index (χ3n) is 6.88. The number of H-pyrrole nitrogens is 1. The van der Waals surface area contributed by atoms with Gasteiger partial charge in [-0.3, -0.25) is 4.79 Å². The van der Waals surface area contributed by atoms with E-state index in [1.165, 1.54) is 0 Å². The van der Waals surface area contributed by atoms with E-state index < -0.39 is 16.1 Å². The van der Waals surface area contributed by atoms with E-state index in [4.69, 9.17) is 11.6 Å². The lowest BCUT2D eigenvalue weighted by molar-refractivity contribution is -0.134. The van der Waals surface area contributed by atoms with Crippen LogP contribution in [0.5, 0.6) is 0 Å². The van der Waals surface area contributed by atoms with Crippen LogP contribution in [0.1, 0.15) is 37.3 Å². The van der Waals surface area contributed by atoms with Gasteiger partial charge >= 0.3 is 0 Å². The molecule has 0 spiro atoms. The molecule has 1 atom stereocenters. The summed E-state index contributed by atoms with van der Waals surface area (Å²) in [5, 5.41) is 1.27. The van der Waals surface area contributed by atoms with E-state index in [1.807, 2.05) is 55.5 Å². The van der Waals surface area contributed by atoms with Gasteiger partial charge in [0.15, 0.2) is 0 Å². The van der Waals surface area contributed by atoms with Crippen LogP contribution in [0.25, 0.3) is 10.9 Å². The number of aryl methyl sites for hydroxylation is 1. The summed E-state index contributed by atoms with van der Waals surface area (Å²) in [5.74, 6) is 0.390. The van der Waals surface area contributed by atoms with E-state index in [2.05, 4.69) is 16.6 Å². The van der Waals surface area contributed by atoms with Crippen LogP contribution >= 0.6 is 11.6 Å². The highest BCUT2D eigenvalue weighted by molar-refractivity contribution is 7.89. The van der Waals surface area contributed by atoms with Gasteiger partial charge in [-0.2, -0.15) is 4.72 Å². The number of carbonyl (C=O) groups is 1. The van der Waals surface area contributed by atoms with Crippen LogP contribution in [0, 0.1) is 5.92 Å². The SMILES string of the molecule is CC1CCN(C(=O)C(CCc2ccccc2Cl)NS(=O)(=O)c2cccc3[nH]cc(CN(C)C)c23)CC1.